The van der Waals surface area contributed by atoms with E-state index >= 15 is 0 Å². The summed E-state index contributed by atoms with van der Waals surface area (Å²) < 4.78 is 5.47. The predicted molar refractivity (Wildman–Crippen MR) is 79.3 cm³/mol. The third-order valence-corrected chi connectivity index (χ3v) is 2.83. The number of anilines is 1. The molecular formula is C14H23N3O3. The molecule has 0 spiro atoms. The van der Waals surface area contributed by atoms with E-state index in [2.05, 4.69) is 17.2 Å². The molecule has 0 saturated carbocycles. The third kappa shape index (κ3) is 5.42. The van der Waals surface area contributed by atoms with Gasteiger partial charge in [-0.1, -0.05) is 33.1 Å². The van der Waals surface area contributed by atoms with Crippen LogP contribution in [0.1, 0.15) is 46.0 Å². The van der Waals surface area contributed by atoms with Crippen molar-refractivity contribution in [1.82, 2.24) is 4.98 Å². The van der Waals surface area contributed by atoms with Crippen LogP contribution in [0.5, 0.6) is 5.88 Å². The SMILES string of the molecule is CCCCCCOc1nc(NCCC)ccc1[N+](=O)[O-]. The molecule has 0 aliphatic heterocycles. The van der Waals surface area contributed by atoms with E-state index in [1.807, 2.05) is 6.92 Å². The van der Waals surface area contributed by atoms with Crippen molar-refractivity contribution in [2.75, 3.05) is 18.5 Å². The Hall–Kier alpha value is -1.85. The molecule has 1 aromatic heterocycles. The molecule has 0 aliphatic carbocycles. The number of rotatable bonds is 10. The maximum Gasteiger partial charge on any atom is 0.331 e. The molecule has 6 nitrogen and oxygen atoms in total. The highest BCUT2D eigenvalue weighted by molar-refractivity contribution is 5.49. The highest BCUT2D eigenvalue weighted by Crippen LogP contribution is 2.26. The average molecular weight is 281 g/mol. The normalized spacial score (nSPS) is 10.3. The number of nitrogens with one attached hydrogen (secondary N) is 1. The summed E-state index contributed by atoms with van der Waals surface area (Å²) in [7, 11) is 0. The molecule has 0 fully saturated rings. The lowest BCUT2D eigenvalue weighted by Gasteiger charge is -2.08. The van der Waals surface area contributed by atoms with Gasteiger partial charge in [0, 0.05) is 12.6 Å². The van der Waals surface area contributed by atoms with Crippen LogP contribution in [0.2, 0.25) is 0 Å². The van der Waals surface area contributed by atoms with Crippen LogP contribution in [0.4, 0.5) is 11.5 Å². The highest BCUT2D eigenvalue weighted by Gasteiger charge is 2.17. The number of nitrogens with zero attached hydrogens (tertiary/aromatic N) is 2. The number of nitro groups is 1. The Morgan fingerprint density at radius 3 is 2.70 bits per heavy atom. The van der Waals surface area contributed by atoms with E-state index in [0.29, 0.717) is 12.4 Å². The fourth-order valence-electron chi connectivity index (χ4n) is 1.73. The molecule has 6 heteroatoms. The predicted octanol–water partition coefficient (Wildman–Crippen LogP) is 3.77. The number of unbranched alkanes of at least 4 members (excludes halogenated alkanes) is 3. The fourth-order valence-corrected chi connectivity index (χ4v) is 1.73. The molecule has 0 bridgehead atoms. The zero-order chi connectivity index (χ0) is 14.8. The highest BCUT2D eigenvalue weighted by atomic mass is 16.6. The van der Waals surface area contributed by atoms with Crippen LogP contribution in [-0.2, 0) is 0 Å². The summed E-state index contributed by atoms with van der Waals surface area (Å²) in [6.07, 6.45) is 5.22. The molecule has 1 aromatic rings. The lowest BCUT2D eigenvalue weighted by Crippen LogP contribution is -2.06. The van der Waals surface area contributed by atoms with E-state index in [9.17, 15) is 10.1 Å². The van der Waals surface area contributed by atoms with Gasteiger partial charge < -0.3 is 10.1 Å². The summed E-state index contributed by atoms with van der Waals surface area (Å²) in [6, 6.07) is 3.05. The molecule has 0 saturated heterocycles. The Labute approximate surface area is 119 Å². The molecule has 20 heavy (non-hydrogen) atoms. The molecule has 1 heterocycles. The molecule has 112 valence electrons. The van der Waals surface area contributed by atoms with Crippen LogP contribution in [0.15, 0.2) is 12.1 Å². The van der Waals surface area contributed by atoms with Crippen molar-refractivity contribution in [3.8, 4) is 5.88 Å². The van der Waals surface area contributed by atoms with Crippen molar-refractivity contribution >= 4 is 11.5 Å². The van der Waals surface area contributed by atoms with Gasteiger partial charge >= 0.3 is 5.69 Å². The van der Waals surface area contributed by atoms with Gasteiger partial charge in [-0.2, -0.15) is 4.98 Å². The number of pyridine rings is 1. The second-order valence-electron chi connectivity index (χ2n) is 4.61. The van der Waals surface area contributed by atoms with Crippen LogP contribution in [0.3, 0.4) is 0 Å². The van der Waals surface area contributed by atoms with Gasteiger partial charge in [-0.25, -0.2) is 0 Å². The first-order valence-electron chi connectivity index (χ1n) is 7.21. The molecule has 0 aromatic carbocycles. The second-order valence-corrected chi connectivity index (χ2v) is 4.61. The van der Waals surface area contributed by atoms with Gasteiger partial charge in [0.05, 0.1) is 11.5 Å². The Bertz CT molecular complexity index is 424. The zero-order valence-corrected chi connectivity index (χ0v) is 12.2. The zero-order valence-electron chi connectivity index (χ0n) is 12.2. The van der Waals surface area contributed by atoms with Gasteiger partial charge in [0.15, 0.2) is 0 Å². The topological polar surface area (TPSA) is 77.3 Å². The lowest BCUT2D eigenvalue weighted by atomic mass is 10.2. The van der Waals surface area contributed by atoms with E-state index in [1.165, 1.54) is 6.07 Å². The Morgan fingerprint density at radius 2 is 2.05 bits per heavy atom. The van der Waals surface area contributed by atoms with E-state index in [4.69, 9.17) is 4.74 Å². The fraction of sp³-hybridized carbons (Fsp3) is 0.643. The van der Waals surface area contributed by atoms with Gasteiger partial charge in [-0.15, -0.1) is 0 Å². The lowest BCUT2D eigenvalue weighted by molar-refractivity contribution is -0.386. The average Bonchev–Trinajstić information content (AvgIpc) is 2.44. The molecule has 0 unspecified atom stereocenters. The summed E-state index contributed by atoms with van der Waals surface area (Å²) >= 11 is 0. The maximum absolute atomic E-state index is 10.9. The van der Waals surface area contributed by atoms with Crippen molar-refractivity contribution in [2.24, 2.45) is 0 Å². The number of hydrogen-bond acceptors (Lipinski definition) is 5. The standard InChI is InChI=1S/C14H23N3O3/c1-3-5-6-7-11-20-14-12(17(18)19)8-9-13(16-14)15-10-4-2/h8-9H,3-7,10-11H2,1-2H3,(H,15,16). The second kappa shape index (κ2) is 9.12. The van der Waals surface area contributed by atoms with Gasteiger partial charge in [0.25, 0.3) is 5.88 Å². The van der Waals surface area contributed by atoms with E-state index < -0.39 is 4.92 Å². The number of ether oxygens (including phenoxy) is 1. The molecule has 0 atom stereocenters. The first-order valence-corrected chi connectivity index (χ1v) is 7.21. The third-order valence-electron chi connectivity index (χ3n) is 2.83. The van der Waals surface area contributed by atoms with Gasteiger partial charge in [-0.05, 0) is 18.9 Å². The first-order chi connectivity index (χ1) is 9.69. The quantitative estimate of drug-likeness (QED) is 0.401. The van der Waals surface area contributed by atoms with E-state index in [-0.39, 0.29) is 11.6 Å². The minimum Gasteiger partial charge on any atom is -0.473 e. The van der Waals surface area contributed by atoms with Gasteiger partial charge in [-0.3, -0.25) is 10.1 Å². The Kier molecular flexibility index (Phi) is 7.39. The van der Waals surface area contributed by atoms with Crippen LogP contribution >= 0.6 is 0 Å². The monoisotopic (exact) mass is 281 g/mol. The first kappa shape index (κ1) is 16.2. The molecular weight excluding hydrogens is 258 g/mol. The van der Waals surface area contributed by atoms with E-state index in [1.54, 1.807) is 6.07 Å². The molecule has 0 amide bonds. The van der Waals surface area contributed by atoms with Crippen molar-refractivity contribution in [3.05, 3.63) is 22.2 Å². The number of aromatic nitrogens is 1. The molecule has 0 aliphatic rings. The minimum atomic E-state index is -0.460. The largest absolute Gasteiger partial charge is 0.473 e. The van der Waals surface area contributed by atoms with Crippen molar-refractivity contribution < 1.29 is 9.66 Å². The summed E-state index contributed by atoms with van der Waals surface area (Å²) in [5, 5.41) is 14.0. The minimum absolute atomic E-state index is 0.0810. The summed E-state index contributed by atoms with van der Waals surface area (Å²) in [5.74, 6) is 0.716. The summed E-state index contributed by atoms with van der Waals surface area (Å²) in [4.78, 5) is 14.7. The molecule has 0 radical (unpaired) electrons. The van der Waals surface area contributed by atoms with Gasteiger partial charge in [0.1, 0.15) is 5.82 Å². The summed E-state index contributed by atoms with van der Waals surface area (Å²) in [6.45, 7) is 5.42. The van der Waals surface area contributed by atoms with Crippen LogP contribution in [0, 0.1) is 10.1 Å². The van der Waals surface area contributed by atoms with Crippen molar-refractivity contribution in [1.29, 1.82) is 0 Å². The van der Waals surface area contributed by atoms with Crippen LogP contribution in [0.25, 0.3) is 0 Å². The molecule has 1 N–H and O–H groups in total. The van der Waals surface area contributed by atoms with E-state index in [0.717, 1.165) is 38.6 Å². The van der Waals surface area contributed by atoms with Gasteiger partial charge in [0.2, 0.25) is 0 Å². The maximum atomic E-state index is 10.9. The smallest absolute Gasteiger partial charge is 0.331 e. The van der Waals surface area contributed by atoms with Crippen molar-refractivity contribution in [3.63, 3.8) is 0 Å². The summed E-state index contributed by atoms with van der Waals surface area (Å²) in [5.41, 5.74) is -0.0810. The number of hydrogen-bond donors (Lipinski definition) is 1. The Balaban J connectivity index is 2.65. The molecule has 1 rings (SSSR count). The Morgan fingerprint density at radius 1 is 1.25 bits per heavy atom. The van der Waals surface area contributed by atoms with Crippen LogP contribution in [-0.4, -0.2) is 23.1 Å². The van der Waals surface area contributed by atoms with Crippen LogP contribution < -0.4 is 10.1 Å². The van der Waals surface area contributed by atoms with Crippen molar-refractivity contribution in [2.45, 2.75) is 46.0 Å².